The molecule has 2 aromatic rings. The van der Waals surface area contributed by atoms with Gasteiger partial charge in [0.25, 0.3) is 0 Å². The van der Waals surface area contributed by atoms with Crippen LogP contribution in [0.5, 0.6) is 5.75 Å². The molecule has 0 heterocycles. The molecule has 19 heavy (non-hydrogen) atoms. The van der Waals surface area contributed by atoms with Crippen LogP contribution in [0.25, 0.3) is 0 Å². The van der Waals surface area contributed by atoms with Crippen LogP contribution >= 0.6 is 0 Å². The smallest absolute Gasteiger partial charge is 0.123 e. The molecule has 1 unspecified atom stereocenters. The number of benzene rings is 2. The Bertz CT molecular complexity index is 523. The van der Waals surface area contributed by atoms with Gasteiger partial charge in [-0.25, -0.2) is 4.39 Å². The molecular weight excluding hydrogens is 243 g/mol. The second-order valence-corrected chi connectivity index (χ2v) is 4.50. The summed E-state index contributed by atoms with van der Waals surface area (Å²) in [4.78, 5) is 0. The SMILES string of the molecule is Cc1ccccc1C(CO)COc1ccc(F)cc1. The minimum Gasteiger partial charge on any atom is -0.493 e. The van der Waals surface area contributed by atoms with Crippen molar-refractivity contribution in [2.75, 3.05) is 13.2 Å². The zero-order valence-corrected chi connectivity index (χ0v) is 10.8. The Morgan fingerprint density at radius 3 is 2.42 bits per heavy atom. The normalized spacial score (nSPS) is 12.2. The molecule has 0 aliphatic carbocycles. The van der Waals surface area contributed by atoms with Crippen LogP contribution in [-0.2, 0) is 0 Å². The van der Waals surface area contributed by atoms with Crippen LogP contribution in [0.3, 0.4) is 0 Å². The maximum atomic E-state index is 12.8. The molecule has 1 atom stereocenters. The third-order valence-electron chi connectivity index (χ3n) is 3.11. The summed E-state index contributed by atoms with van der Waals surface area (Å²) >= 11 is 0. The number of ether oxygens (including phenoxy) is 1. The molecule has 0 radical (unpaired) electrons. The molecule has 2 aromatic carbocycles. The molecule has 0 amide bonds. The highest BCUT2D eigenvalue weighted by Gasteiger charge is 2.13. The number of hydrogen-bond donors (Lipinski definition) is 1. The van der Waals surface area contributed by atoms with E-state index in [9.17, 15) is 9.50 Å². The first-order valence-electron chi connectivity index (χ1n) is 6.25. The monoisotopic (exact) mass is 260 g/mol. The Balaban J connectivity index is 2.04. The van der Waals surface area contributed by atoms with Crippen LogP contribution < -0.4 is 4.74 Å². The molecule has 0 bridgehead atoms. The average Bonchev–Trinajstić information content (AvgIpc) is 2.43. The van der Waals surface area contributed by atoms with Crippen molar-refractivity contribution in [3.63, 3.8) is 0 Å². The standard InChI is InChI=1S/C16H17FO2/c1-12-4-2-3-5-16(12)13(10-18)11-19-15-8-6-14(17)7-9-15/h2-9,13,18H,10-11H2,1H3. The molecular formula is C16H17FO2. The summed E-state index contributed by atoms with van der Waals surface area (Å²) in [5.74, 6) is 0.240. The molecule has 0 aliphatic rings. The first-order chi connectivity index (χ1) is 9.20. The largest absolute Gasteiger partial charge is 0.493 e. The number of aliphatic hydroxyl groups excluding tert-OH is 1. The topological polar surface area (TPSA) is 29.5 Å². The number of rotatable bonds is 5. The highest BCUT2D eigenvalue weighted by molar-refractivity contribution is 5.30. The van der Waals surface area contributed by atoms with Gasteiger partial charge in [-0.3, -0.25) is 0 Å². The summed E-state index contributed by atoms with van der Waals surface area (Å²) in [6, 6.07) is 13.8. The molecule has 0 fully saturated rings. The summed E-state index contributed by atoms with van der Waals surface area (Å²) in [7, 11) is 0. The summed E-state index contributed by atoms with van der Waals surface area (Å²) in [5.41, 5.74) is 2.20. The second kappa shape index (κ2) is 6.34. The van der Waals surface area contributed by atoms with Crippen LogP contribution in [0.15, 0.2) is 48.5 Å². The maximum Gasteiger partial charge on any atom is 0.123 e. The molecule has 100 valence electrons. The Morgan fingerprint density at radius 1 is 1.11 bits per heavy atom. The van der Waals surface area contributed by atoms with Crippen LogP contribution in [0, 0.1) is 12.7 Å². The number of halogens is 1. The minimum atomic E-state index is -0.287. The summed E-state index contributed by atoms with van der Waals surface area (Å²) in [6.07, 6.45) is 0. The van der Waals surface area contributed by atoms with E-state index in [1.165, 1.54) is 12.1 Å². The molecule has 0 saturated carbocycles. The molecule has 2 rings (SSSR count). The lowest BCUT2D eigenvalue weighted by Crippen LogP contribution is -2.15. The van der Waals surface area contributed by atoms with Gasteiger partial charge in [-0.05, 0) is 42.3 Å². The van der Waals surface area contributed by atoms with Crippen molar-refractivity contribution in [2.45, 2.75) is 12.8 Å². The van der Waals surface area contributed by atoms with Gasteiger partial charge in [0.1, 0.15) is 11.6 Å². The minimum absolute atomic E-state index is 0.0199. The molecule has 2 nitrogen and oxygen atoms in total. The molecule has 0 saturated heterocycles. The van der Waals surface area contributed by atoms with Crippen molar-refractivity contribution >= 4 is 0 Å². The second-order valence-electron chi connectivity index (χ2n) is 4.50. The molecule has 0 spiro atoms. The molecule has 0 aromatic heterocycles. The predicted molar refractivity (Wildman–Crippen MR) is 72.9 cm³/mol. The third kappa shape index (κ3) is 3.55. The van der Waals surface area contributed by atoms with E-state index < -0.39 is 0 Å². The van der Waals surface area contributed by atoms with E-state index in [1.807, 2.05) is 31.2 Å². The van der Waals surface area contributed by atoms with Crippen LogP contribution in [0.1, 0.15) is 17.0 Å². The van der Waals surface area contributed by atoms with E-state index in [0.29, 0.717) is 12.4 Å². The zero-order valence-electron chi connectivity index (χ0n) is 10.8. The van der Waals surface area contributed by atoms with Gasteiger partial charge >= 0.3 is 0 Å². The van der Waals surface area contributed by atoms with Crippen molar-refractivity contribution in [3.8, 4) is 5.75 Å². The molecule has 0 aliphatic heterocycles. The Morgan fingerprint density at radius 2 is 1.79 bits per heavy atom. The van der Waals surface area contributed by atoms with Gasteiger partial charge < -0.3 is 9.84 Å². The average molecular weight is 260 g/mol. The first kappa shape index (κ1) is 13.6. The first-order valence-corrected chi connectivity index (χ1v) is 6.25. The van der Waals surface area contributed by atoms with Gasteiger partial charge in [-0.2, -0.15) is 0 Å². The predicted octanol–water partition coefficient (Wildman–Crippen LogP) is 3.29. The van der Waals surface area contributed by atoms with Crippen LogP contribution in [0.4, 0.5) is 4.39 Å². The zero-order chi connectivity index (χ0) is 13.7. The summed E-state index contributed by atoms with van der Waals surface area (Å²) in [6.45, 7) is 2.40. The lowest BCUT2D eigenvalue weighted by Gasteiger charge is -2.17. The van der Waals surface area contributed by atoms with Crippen LogP contribution in [-0.4, -0.2) is 18.3 Å². The number of aryl methyl sites for hydroxylation is 1. The van der Waals surface area contributed by atoms with E-state index in [2.05, 4.69) is 0 Å². The van der Waals surface area contributed by atoms with E-state index in [-0.39, 0.29) is 18.3 Å². The van der Waals surface area contributed by atoms with Gasteiger partial charge in [0.15, 0.2) is 0 Å². The third-order valence-corrected chi connectivity index (χ3v) is 3.11. The van der Waals surface area contributed by atoms with Crippen molar-refractivity contribution in [1.29, 1.82) is 0 Å². The van der Waals surface area contributed by atoms with Gasteiger partial charge in [0.2, 0.25) is 0 Å². The number of aliphatic hydroxyl groups is 1. The Hall–Kier alpha value is -1.87. The van der Waals surface area contributed by atoms with Crippen LogP contribution in [0.2, 0.25) is 0 Å². The van der Waals surface area contributed by atoms with E-state index in [4.69, 9.17) is 4.74 Å². The van der Waals surface area contributed by atoms with Gasteiger partial charge in [0.05, 0.1) is 13.2 Å². The summed E-state index contributed by atoms with van der Waals surface area (Å²) < 4.78 is 18.4. The fourth-order valence-electron chi connectivity index (χ4n) is 2.01. The lowest BCUT2D eigenvalue weighted by molar-refractivity contribution is 0.204. The quantitative estimate of drug-likeness (QED) is 0.894. The van der Waals surface area contributed by atoms with E-state index >= 15 is 0 Å². The molecule has 3 heteroatoms. The van der Waals surface area contributed by atoms with Gasteiger partial charge in [-0.1, -0.05) is 24.3 Å². The Labute approximate surface area is 112 Å². The Kier molecular flexibility index (Phi) is 4.53. The highest BCUT2D eigenvalue weighted by Crippen LogP contribution is 2.21. The van der Waals surface area contributed by atoms with Crippen molar-refractivity contribution < 1.29 is 14.2 Å². The van der Waals surface area contributed by atoms with E-state index in [0.717, 1.165) is 11.1 Å². The van der Waals surface area contributed by atoms with Crippen molar-refractivity contribution in [3.05, 3.63) is 65.5 Å². The number of hydrogen-bond acceptors (Lipinski definition) is 2. The summed E-state index contributed by atoms with van der Waals surface area (Å²) in [5, 5.41) is 9.49. The van der Waals surface area contributed by atoms with Gasteiger partial charge in [-0.15, -0.1) is 0 Å². The maximum absolute atomic E-state index is 12.8. The fourth-order valence-corrected chi connectivity index (χ4v) is 2.01. The van der Waals surface area contributed by atoms with Crippen molar-refractivity contribution in [1.82, 2.24) is 0 Å². The van der Waals surface area contributed by atoms with Crippen molar-refractivity contribution in [2.24, 2.45) is 0 Å². The molecule has 1 N–H and O–H groups in total. The highest BCUT2D eigenvalue weighted by atomic mass is 19.1. The fraction of sp³-hybridized carbons (Fsp3) is 0.250. The van der Waals surface area contributed by atoms with E-state index in [1.54, 1.807) is 12.1 Å². The van der Waals surface area contributed by atoms with Gasteiger partial charge in [0, 0.05) is 5.92 Å². The lowest BCUT2D eigenvalue weighted by atomic mass is 9.96.